The second kappa shape index (κ2) is 6.39. The molecule has 0 N–H and O–H groups in total. The van der Waals surface area contributed by atoms with Gasteiger partial charge in [0.15, 0.2) is 0 Å². The summed E-state index contributed by atoms with van der Waals surface area (Å²) in [6.07, 6.45) is 2.53. The molecule has 1 saturated heterocycles. The maximum atomic E-state index is 12.1. The van der Waals surface area contributed by atoms with Gasteiger partial charge < -0.3 is 0 Å². The number of hydrogen-bond donors (Lipinski definition) is 0. The smallest absolute Gasteiger partial charge is 0.212 e. The molecule has 1 fully saturated rings. The molecule has 17 heavy (non-hydrogen) atoms. The van der Waals surface area contributed by atoms with Crippen molar-refractivity contribution in [3.05, 3.63) is 0 Å². The van der Waals surface area contributed by atoms with E-state index < -0.39 is 10.0 Å². The molecule has 0 aliphatic carbocycles. The van der Waals surface area contributed by atoms with Crippen LogP contribution in [0.2, 0.25) is 0 Å². The van der Waals surface area contributed by atoms with E-state index in [9.17, 15) is 8.42 Å². The predicted octanol–water partition coefficient (Wildman–Crippen LogP) is 2.70. The van der Waals surface area contributed by atoms with Crippen molar-refractivity contribution in [3.63, 3.8) is 0 Å². The maximum absolute atomic E-state index is 12.1. The van der Waals surface area contributed by atoms with Crippen LogP contribution < -0.4 is 0 Å². The molecule has 0 bridgehead atoms. The van der Waals surface area contributed by atoms with Crippen LogP contribution in [0.4, 0.5) is 0 Å². The SMILES string of the molecule is CC(C)CCS(=O)(=O)N1CCC(C(C)Cl)CC1. The van der Waals surface area contributed by atoms with E-state index in [1.54, 1.807) is 4.31 Å². The fourth-order valence-corrected chi connectivity index (χ4v) is 4.17. The summed E-state index contributed by atoms with van der Waals surface area (Å²) in [6, 6.07) is 0. The second-order valence-electron chi connectivity index (χ2n) is 5.41. The first-order chi connectivity index (χ1) is 7.83. The summed E-state index contributed by atoms with van der Waals surface area (Å²) < 4.78 is 25.8. The number of piperidine rings is 1. The Morgan fingerprint density at radius 1 is 1.24 bits per heavy atom. The Morgan fingerprint density at radius 3 is 2.18 bits per heavy atom. The molecule has 3 nitrogen and oxygen atoms in total. The van der Waals surface area contributed by atoms with Gasteiger partial charge >= 0.3 is 0 Å². The van der Waals surface area contributed by atoms with E-state index in [0.717, 1.165) is 19.3 Å². The van der Waals surface area contributed by atoms with Crippen molar-refractivity contribution < 1.29 is 8.42 Å². The van der Waals surface area contributed by atoms with Crippen molar-refractivity contribution in [2.45, 2.75) is 45.4 Å². The summed E-state index contributed by atoms with van der Waals surface area (Å²) in [7, 11) is -3.04. The van der Waals surface area contributed by atoms with Crippen molar-refractivity contribution in [1.29, 1.82) is 0 Å². The number of sulfonamides is 1. The van der Waals surface area contributed by atoms with Crippen LogP contribution in [0.15, 0.2) is 0 Å². The Labute approximate surface area is 111 Å². The maximum Gasteiger partial charge on any atom is 0.214 e. The number of halogens is 1. The minimum atomic E-state index is -3.04. The molecular formula is C12H24ClNO2S. The van der Waals surface area contributed by atoms with E-state index in [2.05, 4.69) is 13.8 Å². The Morgan fingerprint density at radius 2 is 1.76 bits per heavy atom. The summed E-state index contributed by atoms with van der Waals surface area (Å²) in [5.41, 5.74) is 0. The summed E-state index contributed by atoms with van der Waals surface area (Å²) in [5.74, 6) is 1.18. The van der Waals surface area contributed by atoms with Gasteiger partial charge in [-0.25, -0.2) is 12.7 Å². The van der Waals surface area contributed by atoms with E-state index in [1.807, 2.05) is 6.92 Å². The van der Waals surface area contributed by atoms with Crippen LogP contribution in [-0.2, 0) is 10.0 Å². The Balaban J connectivity index is 2.47. The van der Waals surface area contributed by atoms with Gasteiger partial charge in [-0.15, -0.1) is 11.6 Å². The largest absolute Gasteiger partial charge is 0.214 e. The summed E-state index contributed by atoms with van der Waals surface area (Å²) in [6.45, 7) is 7.38. The fraction of sp³-hybridized carbons (Fsp3) is 1.00. The molecule has 0 aromatic rings. The molecule has 1 heterocycles. The topological polar surface area (TPSA) is 37.4 Å². The lowest BCUT2D eigenvalue weighted by atomic mass is 9.95. The van der Waals surface area contributed by atoms with Crippen molar-refractivity contribution >= 4 is 21.6 Å². The van der Waals surface area contributed by atoms with Crippen molar-refractivity contribution in [2.24, 2.45) is 11.8 Å². The van der Waals surface area contributed by atoms with E-state index >= 15 is 0 Å². The van der Waals surface area contributed by atoms with E-state index in [4.69, 9.17) is 11.6 Å². The third-order valence-corrected chi connectivity index (χ3v) is 5.75. The van der Waals surface area contributed by atoms with Crippen LogP contribution in [0.3, 0.4) is 0 Å². The molecule has 0 saturated carbocycles. The molecule has 1 rings (SSSR count). The average Bonchev–Trinajstić information content (AvgIpc) is 2.27. The Kier molecular flexibility index (Phi) is 5.74. The van der Waals surface area contributed by atoms with Gasteiger partial charge in [-0.2, -0.15) is 0 Å². The van der Waals surface area contributed by atoms with Crippen LogP contribution in [-0.4, -0.2) is 36.9 Å². The molecule has 0 amide bonds. The van der Waals surface area contributed by atoms with Gasteiger partial charge in [0, 0.05) is 18.5 Å². The van der Waals surface area contributed by atoms with Gasteiger partial charge in [0.25, 0.3) is 0 Å². The highest BCUT2D eigenvalue weighted by Gasteiger charge is 2.29. The standard InChI is InChI=1S/C12H24ClNO2S/c1-10(2)6-9-17(15,16)14-7-4-12(5-8-14)11(3)13/h10-12H,4-9H2,1-3H3. The van der Waals surface area contributed by atoms with E-state index in [1.165, 1.54) is 0 Å². The van der Waals surface area contributed by atoms with Crippen LogP contribution >= 0.6 is 11.6 Å². The highest BCUT2D eigenvalue weighted by atomic mass is 35.5. The van der Waals surface area contributed by atoms with Crippen LogP contribution in [0.5, 0.6) is 0 Å². The zero-order valence-corrected chi connectivity index (χ0v) is 12.6. The van der Waals surface area contributed by atoms with Crippen molar-refractivity contribution in [1.82, 2.24) is 4.31 Å². The summed E-state index contributed by atoms with van der Waals surface area (Å²) >= 11 is 6.05. The minimum Gasteiger partial charge on any atom is -0.212 e. The van der Waals surface area contributed by atoms with Crippen LogP contribution in [0.1, 0.15) is 40.0 Å². The lowest BCUT2D eigenvalue weighted by Crippen LogP contribution is -2.41. The van der Waals surface area contributed by atoms with E-state index in [0.29, 0.717) is 24.9 Å². The number of alkyl halides is 1. The molecule has 1 unspecified atom stereocenters. The third kappa shape index (κ3) is 4.76. The average molecular weight is 282 g/mol. The van der Waals surface area contributed by atoms with Gasteiger partial charge in [0.2, 0.25) is 10.0 Å². The van der Waals surface area contributed by atoms with E-state index in [-0.39, 0.29) is 11.1 Å². The van der Waals surface area contributed by atoms with Crippen LogP contribution in [0, 0.1) is 11.8 Å². The third-order valence-electron chi connectivity index (χ3n) is 3.49. The quantitative estimate of drug-likeness (QED) is 0.727. The summed E-state index contributed by atoms with van der Waals surface area (Å²) in [4.78, 5) is 0. The van der Waals surface area contributed by atoms with Crippen molar-refractivity contribution in [2.75, 3.05) is 18.8 Å². The molecule has 0 aromatic carbocycles. The molecule has 0 radical (unpaired) electrons. The molecule has 1 aliphatic rings. The molecule has 0 spiro atoms. The molecule has 0 aromatic heterocycles. The lowest BCUT2D eigenvalue weighted by molar-refractivity contribution is 0.271. The number of rotatable bonds is 5. The van der Waals surface area contributed by atoms with Gasteiger partial charge in [-0.05, 0) is 38.0 Å². The Hall–Kier alpha value is 0.200. The van der Waals surface area contributed by atoms with Gasteiger partial charge in [0.05, 0.1) is 5.75 Å². The highest BCUT2D eigenvalue weighted by molar-refractivity contribution is 7.89. The number of nitrogens with zero attached hydrogens (tertiary/aromatic N) is 1. The first-order valence-electron chi connectivity index (χ1n) is 6.45. The molecule has 102 valence electrons. The molecule has 5 heteroatoms. The zero-order valence-electron chi connectivity index (χ0n) is 11.0. The monoisotopic (exact) mass is 281 g/mol. The normalized spacial score (nSPS) is 21.9. The first kappa shape index (κ1) is 15.3. The fourth-order valence-electron chi connectivity index (χ4n) is 2.13. The zero-order chi connectivity index (χ0) is 13.1. The minimum absolute atomic E-state index is 0.149. The first-order valence-corrected chi connectivity index (χ1v) is 8.49. The van der Waals surface area contributed by atoms with Gasteiger partial charge in [-0.1, -0.05) is 13.8 Å². The number of hydrogen-bond acceptors (Lipinski definition) is 2. The predicted molar refractivity (Wildman–Crippen MR) is 72.9 cm³/mol. The highest BCUT2D eigenvalue weighted by Crippen LogP contribution is 2.25. The Bertz CT molecular complexity index is 319. The van der Waals surface area contributed by atoms with Crippen molar-refractivity contribution in [3.8, 4) is 0 Å². The lowest BCUT2D eigenvalue weighted by Gasteiger charge is -2.32. The molecule has 1 atom stereocenters. The van der Waals surface area contributed by atoms with Crippen LogP contribution in [0.25, 0.3) is 0 Å². The van der Waals surface area contributed by atoms with Gasteiger partial charge in [0.1, 0.15) is 0 Å². The van der Waals surface area contributed by atoms with Gasteiger partial charge in [-0.3, -0.25) is 0 Å². The summed E-state index contributed by atoms with van der Waals surface area (Å²) in [5, 5.41) is 0.149. The molecule has 1 aliphatic heterocycles. The molecular weight excluding hydrogens is 258 g/mol. The second-order valence-corrected chi connectivity index (χ2v) is 8.19.